The van der Waals surface area contributed by atoms with Gasteiger partial charge in [0.2, 0.25) is 3.79 Å². The number of hydrogen-bond acceptors (Lipinski definition) is 3. The molecule has 2 N–H and O–H groups in total. The van der Waals surface area contributed by atoms with Gasteiger partial charge < -0.3 is 15.2 Å². The average molecular weight is 359 g/mol. The lowest BCUT2D eigenvalue weighted by Gasteiger charge is -2.19. The number of nitrogens with one attached hydrogen (secondary N) is 1. The van der Waals surface area contributed by atoms with Crippen molar-refractivity contribution in [2.24, 2.45) is 5.92 Å². The highest BCUT2D eigenvalue weighted by Crippen LogP contribution is 2.26. The quantitative estimate of drug-likeness (QED) is 0.581. The number of carboxylic acid groups (broad SMARTS) is 1. The molecule has 1 rings (SSSR count). The highest BCUT2D eigenvalue weighted by atomic mass is 35.6. The van der Waals surface area contributed by atoms with E-state index in [0.717, 1.165) is 25.7 Å². The van der Waals surface area contributed by atoms with Gasteiger partial charge in [-0.2, -0.15) is 0 Å². The predicted octanol–water partition coefficient (Wildman–Crippen LogP) is 3.67. The second kappa shape index (κ2) is 8.71. The second-order valence-electron chi connectivity index (χ2n) is 4.93. The fraction of sp³-hybridized carbons (Fsp3) is 0.692. The third-order valence-corrected chi connectivity index (χ3v) is 3.46. The number of carbonyl (C=O) groups excluding carboxylic acids is 1. The second-order valence-corrected chi connectivity index (χ2v) is 7.45. The third-order valence-electron chi connectivity index (χ3n) is 3.13. The number of carboxylic acids is 1. The lowest BCUT2D eigenvalue weighted by atomic mass is 9.89. The average Bonchev–Trinajstić information content (AvgIpc) is 2.41. The Morgan fingerprint density at radius 2 is 1.90 bits per heavy atom. The third kappa shape index (κ3) is 8.39. The minimum atomic E-state index is -1.73. The maximum atomic E-state index is 11.4. The van der Waals surface area contributed by atoms with E-state index in [2.05, 4.69) is 10.1 Å². The van der Waals surface area contributed by atoms with Crippen molar-refractivity contribution in [1.29, 1.82) is 0 Å². The van der Waals surface area contributed by atoms with Crippen LogP contribution in [-0.4, -0.2) is 33.6 Å². The Balaban J connectivity index is 2.47. The van der Waals surface area contributed by atoms with E-state index in [1.807, 2.05) is 6.08 Å². The topological polar surface area (TPSA) is 75.6 Å². The molecule has 1 atom stereocenters. The first-order valence-corrected chi connectivity index (χ1v) is 7.82. The van der Waals surface area contributed by atoms with E-state index in [-0.39, 0.29) is 0 Å². The number of halogens is 3. The van der Waals surface area contributed by atoms with Gasteiger partial charge in [-0.15, -0.1) is 0 Å². The zero-order valence-electron chi connectivity index (χ0n) is 11.4. The van der Waals surface area contributed by atoms with Gasteiger partial charge in [0.1, 0.15) is 12.6 Å². The monoisotopic (exact) mass is 357 g/mol. The number of ether oxygens (including phenoxy) is 1. The van der Waals surface area contributed by atoms with Crippen molar-refractivity contribution in [3.8, 4) is 0 Å². The van der Waals surface area contributed by atoms with Crippen LogP contribution in [0.2, 0.25) is 0 Å². The number of hydrogen-bond donors (Lipinski definition) is 2. The molecule has 1 amide bonds. The van der Waals surface area contributed by atoms with Gasteiger partial charge in [0.05, 0.1) is 0 Å². The first kappa shape index (κ1) is 18.4. The van der Waals surface area contributed by atoms with Gasteiger partial charge in [0, 0.05) is 0 Å². The molecule has 5 nitrogen and oxygen atoms in total. The fourth-order valence-electron chi connectivity index (χ4n) is 2.10. The van der Waals surface area contributed by atoms with Crippen LogP contribution in [0.4, 0.5) is 4.79 Å². The van der Waals surface area contributed by atoms with E-state index in [4.69, 9.17) is 39.9 Å². The number of alkyl carbamates (subject to hydrolysis) is 1. The Labute approximate surface area is 138 Å². The number of amides is 1. The van der Waals surface area contributed by atoms with Crippen molar-refractivity contribution in [2.45, 2.75) is 41.9 Å². The zero-order chi connectivity index (χ0) is 15.9. The van der Waals surface area contributed by atoms with Crippen molar-refractivity contribution < 1.29 is 19.4 Å². The summed E-state index contributed by atoms with van der Waals surface area (Å²) in [5.41, 5.74) is 0. The predicted molar refractivity (Wildman–Crippen MR) is 81.9 cm³/mol. The molecule has 0 spiro atoms. The molecule has 0 bridgehead atoms. The molecule has 0 aromatic heterocycles. The molecule has 1 fully saturated rings. The summed E-state index contributed by atoms with van der Waals surface area (Å²) < 4.78 is 2.91. The molecular weight excluding hydrogens is 341 g/mol. The summed E-state index contributed by atoms with van der Waals surface area (Å²) >= 11 is 16.3. The maximum Gasteiger partial charge on any atom is 0.408 e. The van der Waals surface area contributed by atoms with Crippen LogP contribution in [0.5, 0.6) is 0 Å². The maximum absolute atomic E-state index is 11.4. The van der Waals surface area contributed by atoms with E-state index < -0.39 is 28.5 Å². The molecule has 1 aliphatic carbocycles. The Bertz CT molecular complexity index is 389. The van der Waals surface area contributed by atoms with Gasteiger partial charge in [-0.05, 0) is 18.8 Å². The molecule has 1 unspecified atom stereocenters. The van der Waals surface area contributed by atoms with E-state index in [0.29, 0.717) is 5.92 Å². The normalized spacial score (nSPS) is 18.4. The van der Waals surface area contributed by atoms with Crippen LogP contribution in [0.3, 0.4) is 0 Å². The van der Waals surface area contributed by atoms with E-state index in [1.54, 1.807) is 0 Å². The molecule has 0 saturated heterocycles. The summed E-state index contributed by atoms with van der Waals surface area (Å²) in [6, 6.07) is -1.16. The van der Waals surface area contributed by atoms with Crippen molar-refractivity contribution in [2.75, 3.05) is 6.61 Å². The summed E-state index contributed by atoms with van der Waals surface area (Å²) in [6.07, 6.45) is 7.95. The standard InChI is InChI=1S/C13H18Cl3NO4/c14-13(15,16)8-21-12(20)17-10(11(18)19)7-6-9-4-2-1-3-5-9/h6-7,9-10H,1-5,8H2,(H,17,20)(H,18,19)/b7-6+. The summed E-state index contributed by atoms with van der Waals surface area (Å²) in [5, 5.41) is 11.3. The van der Waals surface area contributed by atoms with Crippen LogP contribution >= 0.6 is 34.8 Å². The molecule has 0 aliphatic heterocycles. The van der Waals surface area contributed by atoms with Gasteiger partial charge in [-0.25, -0.2) is 9.59 Å². The zero-order valence-corrected chi connectivity index (χ0v) is 13.6. The highest BCUT2D eigenvalue weighted by Gasteiger charge is 2.24. The highest BCUT2D eigenvalue weighted by molar-refractivity contribution is 6.67. The number of carbonyl (C=O) groups is 2. The van der Waals surface area contributed by atoms with Gasteiger partial charge in [-0.1, -0.05) is 66.2 Å². The van der Waals surface area contributed by atoms with Crippen LogP contribution in [0.15, 0.2) is 12.2 Å². The summed E-state index contributed by atoms with van der Waals surface area (Å²) in [6.45, 7) is -0.456. The minimum Gasteiger partial charge on any atom is -0.479 e. The van der Waals surface area contributed by atoms with Crippen LogP contribution in [-0.2, 0) is 9.53 Å². The smallest absolute Gasteiger partial charge is 0.408 e. The summed E-state index contributed by atoms with van der Waals surface area (Å²) in [4.78, 5) is 22.6. The van der Waals surface area contributed by atoms with Gasteiger partial charge in [0.15, 0.2) is 0 Å². The van der Waals surface area contributed by atoms with Gasteiger partial charge >= 0.3 is 12.1 Å². The first-order valence-electron chi connectivity index (χ1n) is 6.69. The van der Waals surface area contributed by atoms with Gasteiger partial charge in [0.25, 0.3) is 0 Å². The lowest BCUT2D eigenvalue weighted by molar-refractivity contribution is -0.138. The molecule has 0 aromatic rings. The number of rotatable bonds is 5. The van der Waals surface area contributed by atoms with E-state index in [9.17, 15) is 9.59 Å². The van der Waals surface area contributed by atoms with Crippen molar-refractivity contribution >= 4 is 46.9 Å². The Morgan fingerprint density at radius 1 is 1.29 bits per heavy atom. The van der Waals surface area contributed by atoms with Crippen molar-refractivity contribution in [3.05, 3.63) is 12.2 Å². The number of allylic oxidation sites excluding steroid dienone is 1. The van der Waals surface area contributed by atoms with Crippen LogP contribution in [0.25, 0.3) is 0 Å². The number of aliphatic carboxylic acids is 1. The lowest BCUT2D eigenvalue weighted by Crippen LogP contribution is -2.40. The Hall–Kier alpha value is -0.650. The molecule has 1 saturated carbocycles. The number of alkyl halides is 3. The molecule has 1 aliphatic rings. The molecule has 0 aromatic carbocycles. The van der Waals surface area contributed by atoms with Crippen molar-refractivity contribution in [3.63, 3.8) is 0 Å². The molecule has 120 valence electrons. The largest absolute Gasteiger partial charge is 0.479 e. The Kier molecular flexibility index (Phi) is 7.63. The van der Waals surface area contributed by atoms with Crippen LogP contribution in [0.1, 0.15) is 32.1 Å². The van der Waals surface area contributed by atoms with Crippen LogP contribution in [0, 0.1) is 5.92 Å². The molecule has 8 heteroatoms. The fourth-order valence-corrected chi connectivity index (χ4v) is 2.27. The summed E-state index contributed by atoms with van der Waals surface area (Å²) in [5.74, 6) is -0.813. The van der Waals surface area contributed by atoms with Crippen molar-refractivity contribution in [1.82, 2.24) is 5.32 Å². The molecular formula is C13H18Cl3NO4. The SMILES string of the molecule is O=C(NC(/C=C/C1CCCCC1)C(=O)O)OCC(Cl)(Cl)Cl. The van der Waals surface area contributed by atoms with E-state index in [1.165, 1.54) is 12.5 Å². The summed E-state index contributed by atoms with van der Waals surface area (Å²) in [7, 11) is 0. The molecule has 21 heavy (non-hydrogen) atoms. The Morgan fingerprint density at radius 3 is 2.43 bits per heavy atom. The molecule has 0 heterocycles. The van der Waals surface area contributed by atoms with Crippen LogP contribution < -0.4 is 5.32 Å². The first-order chi connectivity index (χ1) is 9.78. The van der Waals surface area contributed by atoms with Gasteiger partial charge in [-0.3, -0.25) is 0 Å². The van der Waals surface area contributed by atoms with E-state index >= 15 is 0 Å². The minimum absolute atomic E-state index is 0.361. The molecule has 0 radical (unpaired) electrons.